The van der Waals surface area contributed by atoms with Gasteiger partial charge in [0.25, 0.3) is 0 Å². The summed E-state index contributed by atoms with van der Waals surface area (Å²) in [5, 5.41) is 0.606. The second-order valence-corrected chi connectivity index (χ2v) is 2.18. The van der Waals surface area contributed by atoms with E-state index < -0.39 is 0 Å². The average molecular weight is 90.1 g/mol. The third kappa shape index (κ3) is 0.816. The van der Waals surface area contributed by atoms with E-state index in [0.29, 0.717) is 5.25 Å². The Morgan fingerprint density at radius 1 is 1.60 bits per heavy atom. The lowest BCUT2D eigenvalue weighted by molar-refractivity contribution is 0.662. The summed E-state index contributed by atoms with van der Waals surface area (Å²) in [6, 6.07) is 0. The Morgan fingerprint density at radius 2 is 2.20 bits per heavy atom. The molecule has 1 N–H and O–H groups in total. The van der Waals surface area contributed by atoms with E-state index in [9.17, 15) is 0 Å². The number of hydrogen-bond donors (Lipinski definition) is 1. The van der Waals surface area contributed by atoms with E-state index in [-0.39, 0.29) is 0 Å². The lowest BCUT2D eigenvalue weighted by Gasteiger charge is -1.72. The van der Waals surface area contributed by atoms with Gasteiger partial charge in [0.1, 0.15) is 0 Å². The third-order valence-corrected chi connectivity index (χ3v) is 1.44. The van der Waals surface area contributed by atoms with Crippen molar-refractivity contribution in [2.24, 2.45) is 0 Å². The van der Waals surface area contributed by atoms with Crippen molar-refractivity contribution in [2.75, 3.05) is 0 Å². The fraction of sp³-hybridized carbons (Fsp3) is 1.00. The van der Waals surface area contributed by atoms with Gasteiger partial charge in [0.15, 0.2) is 0 Å². The zero-order valence-electron chi connectivity index (χ0n) is 2.85. The average Bonchev–Trinajstić information content (AvgIpc) is 2.12. The van der Waals surface area contributed by atoms with Crippen LogP contribution in [0.25, 0.3) is 0 Å². The summed E-state index contributed by atoms with van der Waals surface area (Å²) in [6.07, 6.45) is 2.45. The van der Waals surface area contributed by atoms with Crippen LogP contribution in [-0.2, 0) is 0 Å². The van der Waals surface area contributed by atoms with Crippen molar-refractivity contribution >= 4 is 12.0 Å². The zero-order chi connectivity index (χ0) is 3.70. The molecule has 0 amide bonds. The van der Waals surface area contributed by atoms with Crippen LogP contribution in [0.15, 0.2) is 0 Å². The van der Waals surface area contributed by atoms with Gasteiger partial charge in [-0.25, -0.2) is 0 Å². The summed E-state index contributed by atoms with van der Waals surface area (Å²) in [5.74, 6) is 0. The first-order valence-corrected chi connectivity index (χ1v) is 2.57. The van der Waals surface area contributed by atoms with Crippen LogP contribution in [0.4, 0.5) is 0 Å². The molecule has 1 rings (SSSR count). The van der Waals surface area contributed by atoms with Gasteiger partial charge in [-0.3, -0.25) is 0 Å². The van der Waals surface area contributed by atoms with Crippen molar-refractivity contribution in [3.8, 4) is 0 Å². The molecule has 0 aromatic carbocycles. The number of hydrogen-bond acceptors (Lipinski definition) is 2. The summed E-state index contributed by atoms with van der Waals surface area (Å²) >= 11 is 0.991. The Balaban J connectivity index is 2.00. The van der Waals surface area contributed by atoms with Gasteiger partial charge < -0.3 is 4.55 Å². The zero-order valence-corrected chi connectivity index (χ0v) is 3.66. The predicted octanol–water partition coefficient (Wildman–Crippen LogP) is 1.35. The highest BCUT2D eigenvalue weighted by Crippen LogP contribution is 2.31. The van der Waals surface area contributed by atoms with Crippen molar-refractivity contribution in [1.29, 1.82) is 0 Å². The Morgan fingerprint density at radius 3 is 2.20 bits per heavy atom. The summed E-state index contributed by atoms with van der Waals surface area (Å²) in [6.45, 7) is 0. The fourth-order valence-electron chi connectivity index (χ4n) is 0.173. The molecule has 1 nitrogen and oxygen atoms in total. The molecule has 0 aliphatic heterocycles. The lowest BCUT2D eigenvalue weighted by Crippen LogP contribution is -1.60. The molecule has 5 heavy (non-hydrogen) atoms. The molecule has 2 heteroatoms. The minimum atomic E-state index is 0.606. The molecule has 1 fully saturated rings. The van der Waals surface area contributed by atoms with Crippen LogP contribution in [0.2, 0.25) is 0 Å². The summed E-state index contributed by atoms with van der Waals surface area (Å²) in [7, 11) is 0. The smallest absolute Gasteiger partial charge is 0.0309 e. The molecule has 30 valence electrons. The van der Waals surface area contributed by atoms with Crippen LogP contribution in [0.1, 0.15) is 12.8 Å². The van der Waals surface area contributed by atoms with E-state index in [0.717, 1.165) is 12.0 Å². The largest absolute Gasteiger partial charge is 0.330 e. The molecule has 1 aliphatic rings. The standard InChI is InChI=1S/C3H6OS/c4-5-3-1-2-3/h3-4H,1-2H2. The predicted molar refractivity (Wildman–Crippen MR) is 23.2 cm³/mol. The maximum Gasteiger partial charge on any atom is 0.0309 e. The van der Waals surface area contributed by atoms with Crippen molar-refractivity contribution in [3.05, 3.63) is 0 Å². The second-order valence-electron chi connectivity index (χ2n) is 1.30. The maximum atomic E-state index is 8.12. The monoisotopic (exact) mass is 90.0 g/mol. The van der Waals surface area contributed by atoms with Gasteiger partial charge in [-0.2, -0.15) is 0 Å². The second kappa shape index (κ2) is 1.19. The molecule has 0 radical (unpaired) electrons. The molecule has 0 atom stereocenters. The molecular formula is C3H6OS. The summed E-state index contributed by atoms with van der Waals surface area (Å²) < 4.78 is 8.12. The van der Waals surface area contributed by atoms with Crippen LogP contribution in [0, 0.1) is 0 Å². The third-order valence-electron chi connectivity index (χ3n) is 0.673. The van der Waals surface area contributed by atoms with Gasteiger partial charge in [0, 0.05) is 5.25 Å². The SMILES string of the molecule is OSC1CC1. The van der Waals surface area contributed by atoms with Gasteiger partial charge in [-0.05, 0) is 24.9 Å². The van der Waals surface area contributed by atoms with Crippen LogP contribution < -0.4 is 0 Å². The Hall–Kier alpha value is 0.310. The summed E-state index contributed by atoms with van der Waals surface area (Å²) in [4.78, 5) is 0. The van der Waals surface area contributed by atoms with Crippen LogP contribution >= 0.6 is 12.0 Å². The van der Waals surface area contributed by atoms with Gasteiger partial charge in [0.2, 0.25) is 0 Å². The molecule has 0 bridgehead atoms. The van der Waals surface area contributed by atoms with E-state index in [4.69, 9.17) is 4.55 Å². The highest BCUT2D eigenvalue weighted by atomic mass is 32.2. The van der Waals surface area contributed by atoms with E-state index in [1.807, 2.05) is 0 Å². The van der Waals surface area contributed by atoms with Crippen molar-refractivity contribution in [1.82, 2.24) is 0 Å². The molecule has 0 heterocycles. The normalized spacial score (nSPS) is 23.4. The fourth-order valence-corrected chi connectivity index (χ4v) is 0.520. The first-order valence-electron chi connectivity index (χ1n) is 1.73. The molecule has 0 aromatic heterocycles. The highest BCUT2D eigenvalue weighted by molar-refractivity contribution is 7.94. The topological polar surface area (TPSA) is 20.2 Å². The van der Waals surface area contributed by atoms with Gasteiger partial charge in [0.05, 0.1) is 0 Å². The van der Waals surface area contributed by atoms with E-state index in [2.05, 4.69) is 0 Å². The minimum Gasteiger partial charge on any atom is -0.330 e. The van der Waals surface area contributed by atoms with E-state index in [1.54, 1.807) is 0 Å². The first-order chi connectivity index (χ1) is 2.43. The van der Waals surface area contributed by atoms with Crippen LogP contribution in [0.5, 0.6) is 0 Å². The Kier molecular flexibility index (Phi) is 0.830. The van der Waals surface area contributed by atoms with E-state index >= 15 is 0 Å². The molecule has 1 aliphatic carbocycles. The quantitative estimate of drug-likeness (QED) is 0.490. The van der Waals surface area contributed by atoms with Crippen molar-refractivity contribution in [2.45, 2.75) is 18.1 Å². The lowest BCUT2D eigenvalue weighted by atomic mass is 11.0. The van der Waals surface area contributed by atoms with Gasteiger partial charge in [-0.15, -0.1) is 0 Å². The summed E-state index contributed by atoms with van der Waals surface area (Å²) in [5.41, 5.74) is 0. The maximum absolute atomic E-state index is 8.12. The first kappa shape index (κ1) is 3.50. The Labute approximate surface area is 35.6 Å². The van der Waals surface area contributed by atoms with E-state index in [1.165, 1.54) is 12.8 Å². The molecule has 0 unspecified atom stereocenters. The number of rotatable bonds is 1. The highest BCUT2D eigenvalue weighted by Gasteiger charge is 2.20. The van der Waals surface area contributed by atoms with Gasteiger partial charge in [-0.1, -0.05) is 0 Å². The van der Waals surface area contributed by atoms with Crippen LogP contribution in [-0.4, -0.2) is 9.80 Å². The molecule has 0 saturated heterocycles. The van der Waals surface area contributed by atoms with Gasteiger partial charge >= 0.3 is 0 Å². The molecule has 1 saturated carbocycles. The molecular weight excluding hydrogens is 84.1 g/mol. The minimum absolute atomic E-state index is 0.606. The Bertz CT molecular complexity index is 33.9. The molecule has 0 aromatic rings. The van der Waals surface area contributed by atoms with Crippen LogP contribution in [0.3, 0.4) is 0 Å². The van der Waals surface area contributed by atoms with Crippen molar-refractivity contribution < 1.29 is 4.55 Å². The van der Waals surface area contributed by atoms with Crippen molar-refractivity contribution in [3.63, 3.8) is 0 Å². The molecule has 0 spiro atoms.